The molecule has 0 saturated heterocycles. The van der Waals surface area contributed by atoms with Crippen LogP contribution in [0.5, 0.6) is 5.75 Å². The lowest BCUT2D eigenvalue weighted by atomic mass is 10.1. The normalized spacial score (nSPS) is 13.1. The van der Waals surface area contributed by atoms with Gasteiger partial charge < -0.3 is 5.11 Å². The van der Waals surface area contributed by atoms with Crippen LogP contribution in [0.1, 0.15) is 38.8 Å². The van der Waals surface area contributed by atoms with E-state index >= 15 is 0 Å². The molecule has 0 bridgehead atoms. The molecule has 3 heteroatoms. The number of aromatic hydroxyl groups is 1. The van der Waals surface area contributed by atoms with E-state index in [9.17, 15) is 5.11 Å². The first-order valence-electron chi connectivity index (χ1n) is 5.82. The Bertz CT molecular complexity index is 341. The van der Waals surface area contributed by atoms with Crippen molar-refractivity contribution in [1.82, 2.24) is 4.90 Å². The zero-order valence-electron chi connectivity index (χ0n) is 10.2. The fraction of sp³-hybridized carbons (Fsp3) is 0.538. The van der Waals surface area contributed by atoms with Crippen LogP contribution in [-0.4, -0.2) is 23.1 Å². The van der Waals surface area contributed by atoms with Gasteiger partial charge in [-0.1, -0.05) is 29.8 Å². The molecule has 0 amide bonds. The van der Waals surface area contributed by atoms with Crippen molar-refractivity contribution in [2.24, 2.45) is 0 Å². The number of halogens is 1. The van der Waals surface area contributed by atoms with Gasteiger partial charge in [0.25, 0.3) is 0 Å². The largest absolute Gasteiger partial charge is 0.508 e. The van der Waals surface area contributed by atoms with Gasteiger partial charge in [-0.2, -0.15) is 0 Å². The minimum Gasteiger partial charge on any atom is -0.508 e. The Kier molecular flexibility index (Phi) is 5.29. The number of hydrogen-bond donors (Lipinski definition) is 1. The van der Waals surface area contributed by atoms with E-state index in [2.05, 4.69) is 41.6 Å². The molecule has 2 nitrogen and oxygen atoms in total. The van der Waals surface area contributed by atoms with E-state index < -0.39 is 0 Å². The second-order valence-electron chi connectivity index (χ2n) is 4.01. The fourth-order valence-corrected chi connectivity index (χ4v) is 2.35. The number of phenols is 1. The molecule has 0 aromatic heterocycles. The summed E-state index contributed by atoms with van der Waals surface area (Å²) in [6.07, 6.45) is 1.13. The van der Waals surface area contributed by atoms with Crippen LogP contribution in [0.25, 0.3) is 0 Å². The summed E-state index contributed by atoms with van der Waals surface area (Å²) < 4.78 is 1.01. The molecule has 0 saturated carbocycles. The van der Waals surface area contributed by atoms with Crippen molar-refractivity contribution >= 4 is 15.9 Å². The van der Waals surface area contributed by atoms with E-state index in [1.165, 1.54) is 0 Å². The van der Waals surface area contributed by atoms with Gasteiger partial charge in [0.2, 0.25) is 0 Å². The SMILES string of the molecule is CCCN(CC)C(C)c1cc(Br)ccc1O. The fourth-order valence-electron chi connectivity index (χ4n) is 1.97. The van der Waals surface area contributed by atoms with E-state index in [4.69, 9.17) is 0 Å². The van der Waals surface area contributed by atoms with Crippen molar-refractivity contribution in [3.63, 3.8) is 0 Å². The van der Waals surface area contributed by atoms with Crippen molar-refractivity contribution in [3.8, 4) is 5.75 Å². The number of nitrogens with zero attached hydrogens (tertiary/aromatic N) is 1. The van der Waals surface area contributed by atoms with Crippen LogP contribution < -0.4 is 0 Å². The average molecular weight is 286 g/mol. The Morgan fingerprint density at radius 2 is 2.06 bits per heavy atom. The lowest BCUT2D eigenvalue weighted by Crippen LogP contribution is -2.27. The molecule has 1 aromatic rings. The summed E-state index contributed by atoms with van der Waals surface area (Å²) in [5, 5.41) is 9.87. The van der Waals surface area contributed by atoms with Crippen LogP contribution in [-0.2, 0) is 0 Å². The predicted molar refractivity (Wildman–Crippen MR) is 71.8 cm³/mol. The zero-order chi connectivity index (χ0) is 12.1. The highest BCUT2D eigenvalue weighted by atomic mass is 79.9. The molecule has 1 atom stereocenters. The van der Waals surface area contributed by atoms with Gasteiger partial charge in [0.15, 0.2) is 0 Å². The quantitative estimate of drug-likeness (QED) is 0.886. The molecule has 1 unspecified atom stereocenters. The van der Waals surface area contributed by atoms with E-state index in [0.717, 1.165) is 29.5 Å². The first-order valence-corrected chi connectivity index (χ1v) is 6.61. The molecule has 16 heavy (non-hydrogen) atoms. The Morgan fingerprint density at radius 3 is 2.62 bits per heavy atom. The Hall–Kier alpha value is -0.540. The first kappa shape index (κ1) is 13.5. The summed E-state index contributed by atoms with van der Waals surface area (Å²) in [4.78, 5) is 2.36. The maximum atomic E-state index is 9.87. The van der Waals surface area contributed by atoms with Gasteiger partial charge in [0.05, 0.1) is 0 Å². The maximum absolute atomic E-state index is 9.87. The standard InChI is InChI=1S/C13H20BrNO/c1-4-8-15(5-2)10(3)12-9-11(14)6-7-13(12)16/h6-7,9-10,16H,4-5,8H2,1-3H3. The maximum Gasteiger partial charge on any atom is 0.120 e. The number of benzene rings is 1. The van der Waals surface area contributed by atoms with E-state index in [1.807, 2.05) is 12.1 Å². The summed E-state index contributed by atoms with van der Waals surface area (Å²) in [6.45, 7) is 8.53. The summed E-state index contributed by atoms with van der Waals surface area (Å²) in [6, 6.07) is 5.86. The first-order chi connectivity index (χ1) is 7.60. The molecule has 0 fully saturated rings. The third-order valence-corrected chi connectivity index (χ3v) is 3.40. The Labute approximate surface area is 106 Å². The summed E-state index contributed by atoms with van der Waals surface area (Å²) in [5.41, 5.74) is 0.990. The van der Waals surface area contributed by atoms with Crippen LogP contribution in [0.4, 0.5) is 0 Å². The van der Waals surface area contributed by atoms with E-state index in [1.54, 1.807) is 6.07 Å². The molecular weight excluding hydrogens is 266 g/mol. The predicted octanol–water partition coefficient (Wildman–Crippen LogP) is 3.95. The van der Waals surface area contributed by atoms with Gasteiger partial charge in [0, 0.05) is 16.1 Å². The minimum atomic E-state index is 0.252. The third kappa shape index (κ3) is 3.22. The van der Waals surface area contributed by atoms with Crippen LogP contribution in [0.2, 0.25) is 0 Å². The van der Waals surface area contributed by atoms with Gasteiger partial charge in [-0.15, -0.1) is 0 Å². The van der Waals surface area contributed by atoms with Gasteiger partial charge in [-0.05, 0) is 44.6 Å². The number of phenolic OH excluding ortho intramolecular Hbond substituents is 1. The highest BCUT2D eigenvalue weighted by Crippen LogP contribution is 2.30. The molecule has 0 radical (unpaired) electrons. The van der Waals surface area contributed by atoms with Crippen molar-refractivity contribution in [2.45, 2.75) is 33.2 Å². The number of rotatable bonds is 5. The zero-order valence-corrected chi connectivity index (χ0v) is 11.8. The lowest BCUT2D eigenvalue weighted by Gasteiger charge is -2.28. The minimum absolute atomic E-state index is 0.252. The molecule has 1 aromatic carbocycles. The smallest absolute Gasteiger partial charge is 0.120 e. The summed E-state index contributed by atoms with van der Waals surface area (Å²) in [5.74, 6) is 0.380. The molecule has 0 aliphatic carbocycles. The summed E-state index contributed by atoms with van der Waals surface area (Å²) >= 11 is 3.45. The highest BCUT2D eigenvalue weighted by molar-refractivity contribution is 9.10. The highest BCUT2D eigenvalue weighted by Gasteiger charge is 2.16. The van der Waals surface area contributed by atoms with E-state index in [0.29, 0.717) is 5.75 Å². The van der Waals surface area contributed by atoms with Gasteiger partial charge in [-0.3, -0.25) is 4.90 Å². The van der Waals surface area contributed by atoms with Crippen LogP contribution >= 0.6 is 15.9 Å². The second kappa shape index (κ2) is 6.26. The van der Waals surface area contributed by atoms with Crippen LogP contribution in [0.3, 0.4) is 0 Å². The van der Waals surface area contributed by atoms with Crippen LogP contribution in [0.15, 0.2) is 22.7 Å². The van der Waals surface area contributed by atoms with Gasteiger partial charge in [0.1, 0.15) is 5.75 Å². The number of hydrogen-bond acceptors (Lipinski definition) is 2. The molecule has 0 aliphatic heterocycles. The average Bonchev–Trinajstić information content (AvgIpc) is 2.28. The molecule has 90 valence electrons. The topological polar surface area (TPSA) is 23.5 Å². The molecule has 0 heterocycles. The van der Waals surface area contributed by atoms with Crippen molar-refractivity contribution in [3.05, 3.63) is 28.2 Å². The monoisotopic (exact) mass is 285 g/mol. The van der Waals surface area contributed by atoms with Crippen molar-refractivity contribution < 1.29 is 5.11 Å². The third-order valence-electron chi connectivity index (χ3n) is 2.90. The molecule has 0 aliphatic rings. The Balaban J connectivity index is 2.93. The molecule has 1 N–H and O–H groups in total. The van der Waals surface area contributed by atoms with Gasteiger partial charge in [-0.25, -0.2) is 0 Å². The van der Waals surface area contributed by atoms with Gasteiger partial charge >= 0.3 is 0 Å². The molecule has 1 rings (SSSR count). The molecular formula is C13H20BrNO. The second-order valence-corrected chi connectivity index (χ2v) is 4.92. The van der Waals surface area contributed by atoms with E-state index in [-0.39, 0.29) is 6.04 Å². The van der Waals surface area contributed by atoms with Crippen LogP contribution in [0, 0.1) is 0 Å². The Morgan fingerprint density at radius 1 is 1.38 bits per heavy atom. The van der Waals surface area contributed by atoms with Crippen molar-refractivity contribution in [2.75, 3.05) is 13.1 Å². The lowest BCUT2D eigenvalue weighted by molar-refractivity contribution is 0.218. The van der Waals surface area contributed by atoms with Crippen molar-refractivity contribution in [1.29, 1.82) is 0 Å². The summed E-state index contributed by atoms with van der Waals surface area (Å²) in [7, 11) is 0. The molecule has 0 spiro atoms.